The Labute approximate surface area is 221 Å². The molecule has 1 atom stereocenters. The number of benzene rings is 3. The Balaban J connectivity index is 1.41. The van der Waals surface area contributed by atoms with Gasteiger partial charge in [0.15, 0.2) is 0 Å². The lowest BCUT2D eigenvalue weighted by Crippen LogP contribution is -2.19. The van der Waals surface area contributed by atoms with Gasteiger partial charge in [-0.15, -0.1) is 11.3 Å². The Morgan fingerprint density at radius 1 is 1.05 bits per heavy atom. The first-order chi connectivity index (χ1) is 17.9. The summed E-state index contributed by atoms with van der Waals surface area (Å²) >= 11 is 1.46. The van der Waals surface area contributed by atoms with Gasteiger partial charge in [-0.3, -0.25) is 10.2 Å². The van der Waals surface area contributed by atoms with Gasteiger partial charge in [0.1, 0.15) is 30.0 Å². The van der Waals surface area contributed by atoms with E-state index in [1.807, 2.05) is 93.0 Å². The molecular formula is C29H32N4O3S. The summed E-state index contributed by atoms with van der Waals surface area (Å²) in [4.78, 5) is 15.5. The molecule has 192 valence electrons. The fraction of sp³-hybridized carbons (Fsp3) is 0.241. The average Bonchev–Trinajstić information content (AvgIpc) is 3.34. The van der Waals surface area contributed by atoms with Gasteiger partial charge >= 0.3 is 0 Å². The summed E-state index contributed by atoms with van der Waals surface area (Å²) in [6, 6.07) is 25.0. The van der Waals surface area contributed by atoms with E-state index in [-0.39, 0.29) is 17.8 Å². The summed E-state index contributed by atoms with van der Waals surface area (Å²) in [5.41, 5.74) is 7.42. The van der Waals surface area contributed by atoms with E-state index in [1.165, 1.54) is 11.3 Å². The largest absolute Gasteiger partial charge is 0.492 e. The third-order valence-corrected chi connectivity index (χ3v) is 6.94. The summed E-state index contributed by atoms with van der Waals surface area (Å²) in [5, 5.41) is 11.6. The summed E-state index contributed by atoms with van der Waals surface area (Å²) < 4.78 is 13.2. The van der Waals surface area contributed by atoms with E-state index in [1.54, 1.807) is 0 Å². The van der Waals surface area contributed by atoms with E-state index < -0.39 is 0 Å². The molecule has 1 amide bonds. The minimum absolute atomic E-state index is 0.0385. The van der Waals surface area contributed by atoms with Crippen molar-refractivity contribution in [3.63, 3.8) is 0 Å². The normalized spacial score (nSPS) is 11.9. The van der Waals surface area contributed by atoms with E-state index in [0.29, 0.717) is 30.1 Å². The maximum Gasteiger partial charge on any atom is 0.224 e. The number of amidine groups is 1. The maximum absolute atomic E-state index is 12.8. The predicted octanol–water partition coefficient (Wildman–Crippen LogP) is 5.66. The lowest BCUT2D eigenvalue weighted by atomic mass is 10.0. The van der Waals surface area contributed by atoms with Gasteiger partial charge in [0.05, 0.1) is 4.88 Å². The van der Waals surface area contributed by atoms with Crippen LogP contribution in [0.1, 0.15) is 29.4 Å². The second-order valence-electron chi connectivity index (χ2n) is 8.97. The summed E-state index contributed by atoms with van der Waals surface area (Å²) in [6.07, 6.45) is 0.478. The Hall–Kier alpha value is -3.88. The number of nitrogen functional groups attached to an aromatic ring is 1. The van der Waals surface area contributed by atoms with Gasteiger partial charge in [-0.05, 0) is 68.5 Å². The first kappa shape index (κ1) is 26.2. The number of anilines is 1. The Morgan fingerprint density at radius 3 is 2.51 bits per heavy atom. The Morgan fingerprint density at radius 2 is 1.81 bits per heavy atom. The van der Waals surface area contributed by atoms with Crippen molar-refractivity contribution in [2.75, 3.05) is 32.6 Å². The Bertz CT molecular complexity index is 1340. The van der Waals surface area contributed by atoms with Crippen LogP contribution in [0.15, 0.2) is 78.9 Å². The summed E-state index contributed by atoms with van der Waals surface area (Å²) in [7, 11) is 4.00. The second kappa shape index (κ2) is 12.4. The number of hydrogen-bond acceptors (Lipinski definition) is 6. The number of fused-ring (bicyclic) bond motifs is 1. The molecule has 0 radical (unpaired) electrons. The third kappa shape index (κ3) is 7.31. The predicted molar refractivity (Wildman–Crippen MR) is 151 cm³/mol. The van der Waals surface area contributed by atoms with Crippen LogP contribution in [0.2, 0.25) is 0 Å². The molecule has 37 heavy (non-hydrogen) atoms. The molecule has 4 N–H and O–H groups in total. The number of likely N-dealkylation sites (N-methyl/N-ethyl adjacent to an activating group) is 1. The molecule has 0 saturated carbocycles. The fourth-order valence-corrected chi connectivity index (χ4v) is 4.79. The lowest BCUT2D eigenvalue weighted by molar-refractivity contribution is -0.116. The van der Waals surface area contributed by atoms with Gasteiger partial charge in [0.2, 0.25) is 5.91 Å². The quantitative estimate of drug-likeness (QED) is 0.167. The van der Waals surface area contributed by atoms with E-state index in [2.05, 4.69) is 10.2 Å². The van der Waals surface area contributed by atoms with Crippen molar-refractivity contribution in [2.45, 2.75) is 18.9 Å². The molecule has 1 heterocycles. The molecule has 0 aliphatic rings. The highest BCUT2D eigenvalue weighted by Crippen LogP contribution is 2.36. The number of ether oxygens (including phenoxy) is 2. The van der Waals surface area contributed by atoms with Crippen LogP contribution >= 0.6 is 11.3 Å². The van der Waals surface area contributed by atoms with Crippen molar-refractivity contribution in [1.29, 1.82) is 5.41 Å². The van der Waals surface area contributed by atoms with Gasteiger partial charge < -0.3 is 25.4 Å². The van der Waals surface area contributed by atoms with Gasteiger partial charge in [-0.2, -0.15) is 0 Å². The molecular weight excluding hydrogens is 484 g/mol. The minimum atomic E-state index is -0.314. The van der Waals surface area contributed by atoms with Crippen molar-refractivity contribution in [3.8, 4) is 11.5 Å². The van der Waals surface area contributed by atoms with Crippen LogP contribution in [0.3, 0.4) is 0 Å². The molecule has 3 aromatic carbocycles. The average molecular weight is 517 g/mol. The number of hydrogen-bond donors (Lipinski definition) is 3. The SMILES string of the molecule is CN(C)CCOc1ccc(NC(=O)CCC(Oc2cccc3sc(C(=N)N)cc23)c2ccccc2)cc1. The number of nitrogens with one attached hydrogen (secondary N) is 2. The van der Waals surface area contributed by atoms with Crippen LogP contribution < -0.4 is 20.5 Å². The fourth-order valence-electron chi connectivity index (χ4n) is 3.85. The molecule has 7 nitrogen and oxygen atoms in total. The van der Waals surface area contributed by atoms with Crippen LogP contribution in [-0.4, -0.2) is 43.9 Å². The molecule has 0 fully saturated rings. The molecule has 4 aromatic rings. The van der Waals surface area contributed by atoms with E-state index in [9.17, 15) is 4.79 Å². The number of nitrogens with zero attached hydrogens (tertiary/aromatic N) is 1. The van der Waals surface area contributed by atoms with Crippen LogP contribution in [0.5, 0.6) is 11.5 Å². The zero-order valence-corrected chi connectivity index (χ0v) is 21.9. The first-order valence-corrected chi connectivity index (χ1v) is 13.0. The monoisotopic (exact) mass is 516 g/mol. The van der Waals surface area contributed by atoms with Crippen molar-refractivity contribution in [2.24, 2.45) is 5.73 Å². The molecule has 0 bridgehead atoms. The number of rotatable bonds is 12. The number of nitrogens with two attached hydrogens (primary N) is 1. The minimum Gasteiger partial charge on any atom is -0.492 e. The lowest BCUT2D eigenvalue weighted by Gasteiger charge is -2.20. The topological polar surface area (TPSA) is 101 Å². The summed E-state index contributed by atoms with van der Waals surface area (Å²) in [5.74, 6) is 1.43. The van der Waals surface area contributed by atoms with Gasteiger partial charge in [-0.1, -0.05) is 36.4 Å². The molecule has 0 spiro atoms. The Kier molecular flexibility index (Phi) is 8.77. The summed E-state index contributed by atoms with van der Waals surface area (Å²) in [6.45, 7) is 1.44. The zero-order chi connectivity index (χ0) is 26.2. The number of thiophene rings is 1. The highest BCUT2D eigenvalue weighted by molar-refractivity contribution is 7.20. The van der Waals surface area contributed by atoms with Crippen LogP contribution in [0, 0.1) is 5.41 Å². The van der Waals surface area contributed by atoms with Crippen LogP contribution in [0.25, 0.3) is 10.1 Å². The highest BCUT2D eigenvalue weighted by Gasteiger charge is 2.18. The van der Waals surface area contributed by atoms with Gasteiger partial charge in [0.25, 0.3) is 0 Å². The second-order valence-corrected chi connectivity index (χ2v) is 10.1. The number of carbonyl (C=O) groups excluding carboxylic acids is 1. The third-order valence-electron chi connectivity index (χ3n) is 5.81. The first-order valence-electron chi connectivity index (χ1n) is 12.1. The molecule has 0 saturated heterocycles. The van der Waals surface area contributed by atoms with Crippen LogP contribution in [0.4, 0.5) is 5.69 Å². The molecule has 8 heteroatoms. The smallest absolute Gasteiger partial charge is 0.224 e. The number of carbonyl (C=O) groups is 1. The molecule has 1 aromatic heterocycles. The van der Waals surface area contributed by atoms with E-state index >= 15 is 0 Å². The van der Waals surface area contributed by atoms with Crippen LogP contribution in [-0.2, 0) is 4.79 Å². The van der Waals surface area contributed by atoms with Crippen molar-refractivity contribution in [1.82, 2.24) is 4.90 Å². The van der Waals surface area contributed by atoms with Gasteiger partial charge in [-0.25, -0.2) is 0 Å². The van der Waals surface area contributed by atoms with E-state index in [0.717, 1.165) is 33.6 Å². The molecule has 1 unspecified atom stereocenters. The highest BCUT2D eigenvalue weighted by atomic mass is 32.1. The maximum atomic E-state index is 12.8. The van der Waals surface area contributed by atoms with Crippen molar-refractivity contribution < 1.29 is 14.3 Å². The molecule has 0 aliphatic heterocycles. The molecule has 4 rings (SSSR count). The van der Waals surface area contributed by atoms with Gasteiger partial charge in [0, 0.05) is 28.7 Å². The van der Waals surface area contributed by atoms with Crippen molar-refractivity contribution in [3.05, 3.63) is 89.3 Å². The van der Waals surface area contributed by atoms with Crippen molar-refractivity contribution >= 4 is 38.9 Å². The standard InChI is InChI=1S/C29H32N4O3S/c1-33(2)17-18-35-22-13-11-21(12-14-22)32-28(34)16-15-24(20-7-4-3-5-8-20)36-25-9-6-10-26-23(25)19-27(37-26)29(30)31/h3-14,19,24H,15-18H2,1-2H3,(H3,30,31)(H,32,34). The zero-order valence-electron chi connectivity index (χ0n) is 21.1. The number of amides is 1. The molecule has 0 aliphatic carbocycles. The van der Waals surface area contributed by atoms with E-state index in [4.69, 9.17) is 20.6 Å².